The van der Waals surface area contributed by atoms with Gasteiger partial charge in [-0.25, -0.2) is 0 Å². The van der Waals surface area contributed by atoms with Crippen LogP contribution in [-0.2, 0) is 9.59 Å². The monoisotopic (exact) mass is 322 g/mol. The van der Waals surface area contributed by atoms with E-state index in [4.69, 9.17) is 0 Å². The minimum atomic E-state index is 0.0242. The van der Waals surface area contributed by atoms with E-state index in [1.54, 1.807) is 0 Å². The summed E-state index contributed by atoms with van der Waals surface area (Å²) in [6, 6.07) is 0.406. The van der Waals surface area contributed by atoms with Gasteiger partial charge >= 0.3 is 0 Å². The van der Waals surface area contributed by atoms with Gasteiger partial charge in [-0.15, -0.1) is 0 Å². The molecular weight excluding hydrogens is 292 g/mol. The first-order valence-corrected chi connectivity index (χ1v) is 9.26. The number of hydrogen-bond acceptors (Lipinski definition) is 4. The lowest BCUT2D eigenvalue weighted by molar-refractivity contribution is -0.135. The van der Waals surface area contributed by atoms with Crippen molar-refractivity contribution in [2.24, 2.45) is 0 Å². The molecule has 130 valence electrons. The number of hydrogen-bond donors (Lipinski definition) is 2. The summed E-state index contributed by atoms with van der Waals surface area (Å²) in [4.78, 5) is 28.6. The summed E-state index contributed by atoms with van der Waals surface area (Å²) < 4.78 is 0. The largest absolute Gasteiger partial charge is 0.352 e. The summed E-state index contributed by atoms with van der Waals surface area (Å²) >= 11 is 0. The van der Waals surface area contributed by atoms with Gasteiger partial charge in [0.2, 0.25) is 11.8 Å². The van der Waals surface area contributed by atoms with Gasteiger partial charge in [-0.2, -0.15) is 0 Å². The predicted octanol–water partition coefficient (Wildman–Crippen LogP) is 0.332. The molecular formula is C17H30N4O2. The maximum Gasteiger partial charge on any atom is 0.239 e. The molecule has 0 aromatic heterocycles. The zero-order valence-corrected chi connectivity index (χ0v) is 14.1. The molecule has 0 aromatic rings. The third kappa shape index (κ3) is 4.67. The van der Waals surface area contributed by atoms with Crippen LogP contribution in [-0.4, -0.2) is 73.0 Å². The molecule has 2 N–H and O–H groups in total. The van der Waals surface area contributed by atoms with Crippen LogP contribution in [0.15, 0.2) is 0 Å². The summed E-state index contributed by atoms with van der Waals surface area (Å²) in [6.07, 6.45) is 8.09. The minimum absolute atomic E-state index is 0.0242. The van der Waals surface area contributed by atoms with Crippen LogP contribution < -0.4 is 10.6 Å². The molecule has 2 aliphatic heterocycles. The fourth-order valence-corrected chi connectivity index (χ4v) is 3.97. The van der Waals surface area contributed by atoms with Crippen LogP contribution in [0.1, 0.15) is 44.9 Å². The summed E-state index contributed by atoms with van der Waals surface area (Å²) in [6.45, 7) is 4.52. The van der Waals surface area contributed by atoms with Gasteiger partial charge in [-0.1, -0.05) is 19.3 Å². The van der Waals surface area contributed by atoms with Gasteiger partial charge in [0.1, 0.15) is 0 Å². The maximum absolute atomic E-state index is 12.4. The van der Waals surface area contributed by atoms with Crippen LogP contribution >= 0.6 is 0 Å². The fraction of sp³-hybridized carbons (Fsp3) is 0.882. The highest BCUT2D eigenvalue weighted by Crippen LogP contribution is 2.17. The smallest absolute Gasteiger partial charge is 0.239 e. The summed E-state index contributed by atoms with van der Waals surface area (Å²) in [5, 5.41) is 6.45. The highest BCUT2D eigenvalue weighted by atomic mass is 16.2. The Bertz CT molecular complexity index is 409. The average Bonchev–Trinajstić information content (AvgIpc) is 3.10. The van der Waals surface area contributed by atoms with Crippen LogP contribution in [0.25, 0.3) is 0 Å². The molecule has 1 atom stereocenters. The molecule has 0 radical (unpaired) electrons. The van der Waals surface area contributed by atoms with E-state index in [-0.39, 0.29) is 17.9 Å². The SMILES string of the molecule is O=C(CN1CCN(C(=O)[C@@H]2CCCN2)CC1)NC1CCCCC1. The Hall–Kier alpha value is -1.14. The van der Waals surface area contributed by atoms with Crippen molar-refractivity contribution in [3.8, 4) is 0 Å². The molecule has 6 heteroatoms. The summed E-state index contributed by atoms with van der Waals surface area (Å²) in [5.74, 6) is 0.392. The molecule has 3 fully saturated rings. The van der Waals surface area contributed by atoms with Crippen molar-refractivity contribution >= 4 is 11.8 Å². The highest BCUT2D eigenvalue weighted by molar-refractivity contribution is 5.82. The van der Waals surface area contributed by atoms with Crippen molar-refractivity contribution in [3.63, 3.8) is 0 Å². The van der Waals surface area contributed by atoms with E-state index in [0.29, 0.717) is 12.6 Å². The quantitative estimate of drug-likeness (QED) is 0.783. The standard InChI is InChI=1S/C17H30N4O2/c22-16(19-14-5-2-1-3-6-14)13-20-9-11-21(12-10-20)17(23)15-7-4-8-18-15/h14-15,18H,1-13H2,(H,19,22)/t15-/m0/s1. The maximum atomic E-state index is 12.4. The molecule has 1 saturated carbocycles. The van der Waals surface area contributed by atoms with E-state index in [9.17, 15) is 9.59 Å². The lowest BCUT2D eigenvalue weighted by Gasteiger charge is -2.36. The first-order chi connectivity index (χ1) is 11.2. The number of piperazine rings is 1. The summed E-state index contributed by atoms with van der Waals surface area (Å²) in [5.41, 5.74) is 0. The van der Waals surface area contributed by atoms with Crippen molar-refractivity contribution in [2.45, 2.75) is 57.0 Å². The normalized spacial score (nSPS) is 27.1. The third-order valence-corrected chi connectivity index (χ3v) is 5.38. The molecule has 6 nitrogen and oxygen atoms in total. The number of amides is 2. The number of nitrogens with one attached hydrogen (secondary N) is 2. The molecule has 0 spiro atoms. The van der Waals surface area contributed by atoms with Gasteiger partial charge in [0.15, 0.2) is 0 Å². The molecule has 2 saturated heterocycles. The molecule has 3 rings (SSSR count). The van der Waals surface area contributed by atoms with Crippen LogP contribution in [0, 0.1) is 0 Å². The predicted molar refractivity (Wildman–Crippen MR) is 89.1 cm³/mol. The second-order valence-corrected chi connectivity index (χ2v) is 7.15. The number of rotatable bonds is 4. The molecule has 0 bridgehead atoms. The van der Waals surface area contributed by atoms with Gasteiger partial charge in [-0.05, 0) is 32.2 Å². The van der Waals surface area contributed by atoms with E-state index in [1.807, 2.05) is 4.90 Å². The Balaban J connectivity index is 1.36. The van der Waals surface area contributed by atoms with Crippen molar-refractivity contribution in [2.75, 3.05) is 39.3 Å². The Morgan fingerprint density at radius 2 is 1.70 bits per heavy atom. The minimum Gasteiger partial charge on any atom is -0.352 e. The molecule has 23 heavy (non-hydrogen) atoms. The van der Waals surface area contributed by atoms with E-state index < -0.39 is 0 Å². The third-order valence-electron chi connectivity index (χ3n) is 5.38. The average molecular weight is 322 g/mol. The highest BCUT2D eigenvalue weighted by Gasteiger charge is 2.29. The van der Waals surface area contributed by atoms with Crippen LogP contribution in [0.3, 0.4) is 0 Å². The van der Waals surface area contributed by atoms with Gasteiger partial charge in [0.05, 0.1) is 12.6 Å². The van der Waals surface area contributed by atoms with Crippen molar-refractivity contribution in [1.82, 2.24) is 20.4 Å². The molecule has 3 aliphatic rings. The second-order valence-electron chi connectivity index (χ2n) is 7.15. The van der Waals surface area contributed by atoms with E-state index in [2.05, 4.69) is 15.5 Å². The first kappa shape index (κ1) is 16.7. The lowest BCUT2D eigenvalue weighted by atomic mass is 9.95. The van der Waals surface area contributed by atoms with Crippen molar-refractivity contribution < 1.29 is 9.59 Å². The zero-order chi connectivity index (χ0) is 16.1. The Morgan fingerprint density at radius 3 is 2.35 bits per heavy atom. The van der Waals surface area contributed by atoms with Crippen LogP contribution in [0.4, 0.5) is 0 Å². The molecule has 2 heterocycles. The fourth-order valence-electron chi connectivity index (χ4n) is 3.97. The van der Waals surface area contributed by atoms with E-state index in [0.717, 1.165) is 58.4 Å². The molecule has 2 amide bonds. The number of carbonyl (C=O) groups excluding carboxylic acids is 2. The number of carbonyl (C=O) groups is 2. The van der Waals surface area contributed by atoms with E-state index in [1.165, 1.54) is 19.3 Å². The Kier molecular flexibility index (Phi) is 5.89. The topological polar surface area (TPSA) is 64.7 Å². The van der Waals surface area contributed by atoms with Gasteiger partial charge in [-0.3, -0.25) is 14.5 Å². The second kappa shape index (κ2) is 8.11. The lowest BCUT2D eigenvalue weighted by Crippen LogP contribution is -2.54. The van der Waals surface area contributed by atoms with Gasteiger partial charge in [0.25, 0.3) is 0 Å². The van der Waals surface area contributed by atoms with E-state index >= 15 is 0 Å². The van der Waals surface area contributed by atoms with Gasteiger partial charge in [0, 0.05) is 32.2 Å². The van der Waals surface area contributed by atoms with Crippen LogP contribution in [0.5, 0.6) is 0 Å². The molecule has 0 unspecified atom stereocenters. The molecule has 0 aromatic carbocycles. The zero-order valence-electron chi connectivity index (χ0n) is 14.1. The number of nitrogens with zero attached hydrogens (tertiary/aromatic N) is 2. The Labute approximate surface area is 139 Å². The van der Waals surface area contributed by atoms with Crippen molar-refractivity contribution in [3.05, 3.63) is 0 Å². The first-order valence-electron chi connectivity index (χ1n) is 9.26. The summed E-state index contributed by atoms with van der Waals surface area (Å²) in [7, 11) is 0. The Morgan fingerprint density at radius 1 is 0.957 bits per heavy atom. The van der Waals surface area contributed by atoms with Gasteiger partial charge < -0.3 is 15.5 Å². The van der Waals surface area contributed by atoms with Crippen molar-refractivity contribution in [1.29, 1.82) is 0 Å². The molecule has 1 aliphatic carbocycles. The van der Waals surface area contributed by atoms with Crippen LogP contribution in [0.2, 0.25) is 0 Å².